The number of hydrogen-bond acceptors (Lipinski definition) is 4. The Morgan fingerprint density at radius 3 is 2.22 bits per heavy atom. The normalized spacial score (nSPS) is 11.2. The molecule has 0 amide bonds. The summed E-state index contributed by atoms with van der Waals surface area (Å²) < 4.78 is 31.3. The minimum atomic E-state index is -0.741. The van der Waals surface area contributed by atoms with Gasteiger partial charge >= 0.3 is 5.69 Å². The molecule has 36 heavy (non-hydrogen) atoms. The minimum Gasteiger partial charge on any atom is -0.304 e. The fourth-order valence-corrected chi connectivity index (χ4v) is 4.20. The van der Waals surface area contributed by atoms with E-state index in [2.05, 4.69) is 4.98 Å². The van der Waals surface area contributed by atoms with Crippen LogP contribution in [0.2, 0.25) is 0 Å². The van der Waals surface area contributed by atoms with E-state index in [9.17, 15) is 18.4 Å². The van der Waals surface area contributed by atoms with E-state index in [1.807, 2.05) is 36.2 Å². The van der Waals surface area contributed by atoms with E-state index in [-0.39, 0.29) is 18.7 Å². The Morgan fingerprint density at radius 2 is 1.56 bits per heavy atom. The van der Waals surface area contributed by atoms with Crippen LogP contribution in [-0.2, 0) is 19.5 Å². The highest BCUT2D eigenvalue weighted by molar-refractivity contribution is 5.64. The van der Waals surface area contributed by atoms with Crippen LogP contribution in [0.15, 0.2) is 82.5 Å². The molecule has 0 saturated heterocycles. The van der Waals surface area contributed by atoms with Crippen molar-refractivity contribution in [3.63, 3.8) is 0 Å². The zero-order valence-electron chi connectivity index (χ0n) is 20.3. The van der Waals surface area contributed by atoms with Gasteiger partial charge < -0.3 is 4.90 Å². The second-order valence-electron chi connectivity index (χ2n) is 8.73. The molecule has 186 valence electrons. The van der Waals surface area contributed by atoms with E-state index in [4.69, 9.17) is 0 Å². The van der Waals surface area contributed by atoms with E-state index in [0.29, 0.717) is 29.9 Å². The quantitative estimate of drug-likeness (QED) is 0.357. The van der Waals surface area contributed by atoms with Crippen LogP contribution in [0.25, 0.3) is 11.1 Å². The third-order valence-electron chi connectivity index (χ3n) is 6.31. The summed E-state index contributed by atoms with van der Waals surface area (Å²) in [6.45, 7) is 2.58. The maximum atomic E-state index is 14.4. The van der Waals surface area contributed by atoms with E-state index in [1.165, 1.54) is 10.6 Å². The number of hydrogen-bond donors (Lipinski definition) is 0. The molecule has 0 saturated carbocycles. The molecule has 0 aliphatic rings. The van der Waals surface area contributed by atoms with Crippen molar-refractivity contribution in [1.82, 2.24) is 19.0 Å². The lowest BCUT2D eigenvalue weighted by molar-refractivity contribution is 0.315. The predicted molar refractivity (Wildman–Crippen MR) is 136 cm³/mol. The molecule has 2 heterocycles. The number of benzene rings is 2. The molecule has 2 aromatic heterocycles. The summed E-state index contributed by atoms with van der Waals surface area (Å²) in [4.78, 5) is 33.3. The first kappa shape index (κ1) is 25.2. The molecule has 0 fully saturated rings. The van der Waals surface area contributed by atoms with Gasteiger partial charge in [-0.05, 0) is 43.8 Å². The highest BCUT2D eigenvalue weighted by Crippen LogP contribution is 2.20. The highest BCUT2D eigenvalue weighted by Gasteiger charge is 2.20. The highest BCUT2D eigenvalue weighted by atomic mass is 19.1. The van der Waals surface area contributed by atoms with Gasteiger partial charge in [0.25, 0.3) is 5.56 Å². The van der Waals surface area contributed by atoms with E-state index < -0.39 is 22.9 Å². The molecule has 4 rings (SSSR count). The van der Waals surface area contributed by atoms with Crippen LogP contribution in [-0.4, -0.2) is 39.2 Å². The Balaban J connectivity index is 1.69. The summed E-state index contributed by atoms with van der Waals surface area (Å²) in [6, 6.07) is 18.3. The molecule has 0 spiro atoms. The molecule has 2 aromatic carbocycles. The molecule has 0 aliphatic carbocycles. The smallest absolute Gasteiger partial charge is 0.304 e. The first-order chi connectivity index (χ1) is 17.4. The van der Waals surface area contributed by atoms with Crippen molar-refractivity contribution in [2.45, 2.75) is 26.4 Å². The van der Waals surface area contributed by atoms with Crippen LogP contribution in [0.5, 0.6) is 0 Å². The van der Waals surface area contributed by atoms with Crippen molar-refractivity contribution in [3.8, 4) is 11.1 Å². The van der Waals surface area contributed by atoms with E-state index in [0.717, 1.165) is 28.8 Å². The average Bonchev–Trinajstić information content (AvgIpc) is 2.88. The number of rotatable bonds is 9. The van der Waals surface area contributed by atoms with Crippen LogP contribution in [0, 0.1) is 18.6 Å². The summed E-state index contributed by atoms with van der Waals surface area (Å²) in [7, 11) is 1.91. The third kappa shape index (κ3) is 5.49. The first-order valence-electron chi connectivity index (χ1n) is 11.8. The number of pyridine rings is 1. The molecule has 0 atom stereocenters. The van der Waals surface area contributed by atoms with Gasteiger partial charge in [0.15, 0.2) is 0 Å². The van der Waals surface area contributed by atoms with Gasteiger partial charge in [0.1, 0.15) is 11.6 Å². The lowest BCUT2D eigenvalue weighted by atomic mass is 10.1. The summed E-state index contributed by atoms with van der Waals surface area (Å²) in [5, 5.41) is 0. The topological polar surface area (TPSA) is 60.1 Å². The zero-order chi connectivity index (χ0) is 25.7. The Morgan fingerprint density at radius 1 is 0.861 bits per heavy atom. The number of aromatic nitrogens is 3. The number of halogens is 2. The molecule has 0 bridgehead atoms. The Kier molecular flexibility index (Phi) is 7.85. The Hall–Kier alpha value is -3.91. The zero-order valence-corrected chi connectivity index (χ0v) is 20.3. The maximum Gasteiger partial charge on any atom is 0.331 e. The molecule has 0 radical (unpaired) electrons. The molecular formula is C28H28F2N4O2. The van der Waals surface area contributed by atoms with E-state index in [1.54, 1.807) is 37.4 Å². The first-order valence-corrected chi connectivity index (χ1v) is 11.8. The molecule has 8 heteroatoms. The molecule has 0 unspecified atom stereocenters. The lowest BCUT2D eigenvalue weighted by Crippen LogP contribution is -2.44. The van der Waals surface area contributed by atoms with Crippen molar-refractivity contribution in [1.29, 1.82) is 0 Å². The third-order valence-corrected chi connectivity index (χ3v) is 6.31. The van der Waals surface area contributed by atoms with Gasteiger partial charge in [-0.25, -0.2) is 13.6 Å². The second kappa shape index (κ2) is 11.2. The van der Waals surface area contributed by atoms with Crippen molar-refractivity contribution < 1.29 is 8.78 Å². The summed E-state index contributed by atoms with van der Waals surface area (Å²) in [6.07, 6.45) is 2.47. The molecule has 4 aromatic rings. The monoisotopic (exact) mass is 490 g/mol. The van der Waals surface area contributed by atoms with Crippen molar-refractivity contribution >= 4 is 0 Å². The number of likely N-dealkylation sites (N-methyl/N-ethyl adjacent to an activating group) is 1. The largest absolute Gasteiger partial charge is 0.331 e. The van der Waals surface area contributed by atoms with Gasteiger partial charge in [-0.3, -0.25) is 18.9 Å². The average molecular weight is 491 g/mol. The predicted octanol–water partition coefficient (Wildman–Crippen LogP) is 3.88. The molecule has 0 aliphatic heterocycles. The maximum absolute atomic E-state index is 14.4. The number of nitrogens with zero attached hydrogens (tertiary/aromatic N) is 4. The summed E-state index contributed by atoms with van der Waals surface area (Å²) in [5.74, 6) is -1.48. The van der Waals surface area contributed by atoms with Gasteiger partial charge in [-0.2, -0.15) is 0 Å². The fourth-order valence-electron chi connectivity index (χ4n) is 4.20. The standard InChI is InChI=1S/C28H28F2N4O2/c1-20-26(21-9-4-3-5-10-21)27(35)33(18-17-32(2)16-14-22-11-6-7-15-31-22)28(36)34(20)19-23-24(29)12-8-13-25(23)30/h3-13,15H,14,16-19H2,1-2H3. The van der Waals surface area contributed by atoms with Crippen LogP contribution >= 0.6 is 0 Å². The van der Waals surface area contributed by atoms with Crippen LogP contribution < -0.4 is 11.2 Å². The van der Waals surface area contributed by atoms with Crippen molar-refractivity contribution in [2.75, 3.05) is 20.1 Å². The van der Waals surface area contributed by atoms with Crippen LogP contribution in [0.3, 0.4) is 0 Å². The van der Waals surface area contributed by atoms with Gasteiger partial charge in [0.05, 0.1) is 12.1 Å². The van der Waals surface area contributed by atoms with Gasteiger partial charge in [-0.15, -0.1) is 0 Å². The summed E-state index contributed by atoms with van der Waals surface area (Å²) in [5.41, 5.74) is 1.05. The van der Waals surface area contributed by atoms with Crippen LogP contribution in [0.1, 0.15) is 17.0 Å². The molecule has 6 nitrogen and oxygen atoms in total. The SMILES string of the molecule is Cc1c(-c2ccccc2)c(=O)n(CCN(C)CCc2ccccn2)c(=O)n1Cc1c(F)cccc1F. The fraction of sp³-hybridized carbons (Fsp3) is 0.250. The van der Waals surface area contributed by atoms with Crippen LogP contribution in [0.4, 0.5) is 8.78 Å². The van der Waals surface area contributed by atoms with Gasteiger partial charge in [0, 0.05) is 49.2 Å². The lowest BCUT2D eigenvalue weighted by Gasteiger charge is -2.20. The molecule has 0 N–H and O–H groups in total. The minimum absolute atomic E-state index is 0.135. The second-order valence-corrected chi connectivity index (χ2v) is 8.73. The molecular weight excluding hydrogens is 462 g/mol. The van der Waals surface area contributed by atoms with Crippen molar-refractivity contribution in [2.24, 2.45) is 0 Å². The van der Waals surface area contributed by atoms with Gasteiger partial charge in [-0.1, -0.05) is 42.5 Å². The van der Waals surface area contributed by atoms with Gasteiger partial charge in [0.2, 0.25) is 0 Å². The van der Waals surface area contributed by atoms with E-state index >= 15 is 0 Å². The summed E-state index contributed by atoms with van der Waals surface area (Å²) >= 11 is 0. The Labute approximate surface area is 208 Å². The Bertz CT molecular complexity index is 1430. The van der Waals surface area contributed by atoms with Crippen molar-refractivity contribution in [3.05, 3.63) is 122 Å².